The summed E-state index contributed by atoms with van der Waals surface area (Å²) < 4.78 is 30.2. The molecule has 11 heteroatoms. The molecule has 1 aliphatic heterocycles. The number of benzene rings is 2. The number of nitrogens with two attached hydrogens (primary N) is 1. The van der Waals surface area contributed by atoms with Crippen LogP contribution in [0.4, 0.5) is 4.79 Å². The van der Waals surface area contributed by atoms with Gasteiger partial charge in [0.25, 0.3) is 0 Å². The van der Waals surface area contributed by atoms with Crippen LogP contribution in [0.2, 0.25) is 0 Å². The molecule has 2 aromatic rings. The maximum absolute atomic E-state index is 13.7. The van der Waals surface area contributed by atoms with Gasteiger partial charge in [0.1, 0.15) is 18.3 Å². The Kier molecular flexibility index (Phi) is 10.3. The number of carbonyl (C=O) groups is 3. The molecule has 1 saturated heterocycles. The quantitative estimate of drug-likeness (QED) is 0.395. The minimum Gasteiger partial charge on any atom is -0.445 e. The number of likely N-dealkylation sites (tertiary alicyclic amines) is 1. The second-order valence-corrected chi connectivity index (χ2v) is 10.7. The van der Waals surface area contributed by atoms with E-state index in [4.69, 9.17) is 19.5 Å². The van der Waals surface area contributed by atoms with Crippen molar-refractivity contribution in [2.45, 2.75) is 45.0 Å². The summed E-state index contributed by atoms with van der Waals surface area (Å²) >= 11 is 0. The van der Waals surface area contributed by atoms with E-state index in [1.54, 1.807) is 26.0 Å². The molecule has 0 aromatic heterocycles. The maximum atomic E-state index is 13.7. The molecule has 3 amide bonds. The minimum absolute atomic E-state index is 0.0601. The molecule has 1 unspecified atom stereocenters. The monoisotopic (exact) mass is 531 g/mol. The number of primary amides is 1. The second kappa shape index (κ2) is 13.4. The Labute approximate surface area is 217 Å². The van der Waals surface area contributed by atoms with Gasteiger partial charge in [-0.15, -0.1) is 0 Å². The number of nitrogens with zero attached hydrogens (tertiary/aromatic N) is 1. The molecular weight excluding hydrogens is 497 g/mol. The van der Waals surface area contributed by atoms with Gasteiger partial charge >= 0.3 is 13.7 Å². The van der Waals surface area contributed by atoms with Crippen molar-refractivity contribution in [1.29, 1.82) is 0 Å². The van der Waals surface area contributed by atoms with Crippen molar-refractivity contribution in [2.24, 2.45) is 5.73 Å². The lowest BCUT2D eigenvalue weighted by atomic mass is 10.1. The molecule has 0 saturated carbocycles. The smallest absolute Gasteiger partial charge is 0.410 e. The Morgan fingerprint density at radius 3 is 2.30 bits per heavy atom. The summed E-state index contributed by atoms with van der Waals surface area (Å²) in [7, 11) is -3.69. The van der Waals surface area contributed by atoms with Gasteiger partial charge in [0, 0.05) is 18.7 Å². The number of hydrogen-bond acceptors (Lipinski definition) is 7. The largest absolute Gasteiger partial charge is 0.445 e. The molecule has 3 N–H and O–H groups in total. The standard InChI is InChI=1S/C26H34N3O7P/c1-3-35-37(33,36-4-2)23(20-12-14-21(15-13-20)24(27)30)17-28-25(31)22-11-8-16-29(22)26(32)34-18-19-9-6-5-7-10-19/h5-7,9-10,12-15,22-23H,3-4,8,11,16-18H2,1-2H3,(H2,27,30)(H,28,31)/t22-,23?/m0/s1. The van der Waals surface area contributed by atoms with E-state index >= 15 is 0 Å². The molecule has 0 spiro atoms. The highest BCUT2D eigenvalue weighted by molar-refractivity contribution is 7.54. The molecule has 37 heavy (non-hydrogen) atoms. The second-order valence-electron chi connectivity index (χ2n) is 8.51. The van der Waals surface area contributed by atoms with E-state index in [2.05, 4.69) is 5.32 Å². The highest BCUT2D eigenvalue weighted by Crippen LogP contribution is 2.60. The number of ether oxygens (including phenoxy) is 1. The van der Waals surface area contributed by atoms with Crippen LogP contribution in [0.1, 0.15) is 53.8 Å². The SMILES string of the molecule is CCOP(=O)(OCC)C(CNC(=O)[C@@H]1CCCN1C(=O)OCc1ccccc1)c1ccc(C(N)=O)cc1. The molecule has 2 aromatic carbocycles. The summed E-state index contributed by atoms with van der Waals surface area (Å²) in [5.41, 5.74) is 6.21. The molecule has 3 rings (SSSR count). The fourth-order valence-corrected chi connectivity index (χ4v) is 6.24. The molecular formula is C26H34N3O7P. The topological polar surface area (TPSA) is 137 Å². The zero-order valence-corrected chi connectivity index (χ0v) is 22.0. The number of nitrogens with one attached hydrogen (secondary N) is 1. The summed E-state index contributed by atoms with van der Waals surface area (Å²) in [5.74, 6) is -0.970. The Morgan fingerprint density at radius 1 is 1.05 bits per heavy atom. The summed E-state index contributed by atoms with van der Waals surface area (Å²) in [4.78, 5) is 38.8. The van der Waals surface area contributed by atoms with Crippen LogP contribution in [0.3, 0.4) is 0 Å². The first-order valence-corrected chi connectivity index (χ1v) is 13.9. The molecule has 0 aliphatic carbocycles. The first-order valence-electron chi connectivity index (χ1n) is 12.3. The van der Waals surface area contributed by atoms with Gasteiger partial charge in [-0.25, -0.2) is 4.79 Å². The third-order valence-electron chi connectivity index (χ3n) is 6.04. The zero-order chi connectivity index (χ0) is 26.8. The van der Waals surface area contributed by atoms with Crippen LogP contribution in [0, 0.1) is 0 Å². The lowest BCUT2D eigenvalue weighted by Crippen LogP contribution is -2.47. The highest BCUT2D eigenvalue weighted by Gasteiger charge is 2.39. The van der Waals surface area contributed by atoms with E-state index < -0.39 is 31.3 Å². The first kappa shape index (κ1) is 28.4. The van der Waals surface area contributed by atoms with Crippen LogP contribution >= 0.6 is 7.60 Å². The van der Waals surface area contributed by atoms with E-state index in [0.717, 1.165) is 5.56 Å². The molecule has 1 fully saturated rings. The van der Waals surface area contributed by atoms with Crippen LogP contribution in [-0.4, -0.2) is 55.2 Å². The van der Waals surface area contributed by atoms with Crippen molar-refractivity contribution >= 4 is 25.5 Å². The fraction of sp³-hybridized carbons (Fsp3) is 0.423. The van der Waals surface area contributed by atoms with E-state index in [1.165, 1.54) is 17.0 Å². The number of rotatable bonds is 12. The summed E-state index contributed by atoms with van der Waals surface area (Å²) in [6.45, 7) is 4.15. The highest BCUT2D eigenvalue weighted by atomic mass is 31.2. The molecule has 2 atom stereocenters. The molecule has 10 nitrogen and oxygen atoms in total. The summed E-state index contributed by atoms with van der Waals surface area (Å²) in [5, 5.41) is 2.83. The normalized spacial score (nSPS) is 16.3. The predicted octanol–water partition coefficient (Wildman–Crippen LogP) is 4.01. The van der Waals surface area contributed by atoms with Crippen molar-refractivity contribution in [2.75, 3.05) is 26.3 Å². The van der Waals surface area contributed by atoms with Crippen molar-refractivity contribution in [3.63, 3.8) is 0 Å². The summed E-state index contributed by atoms with van der Waals surface area (Å²) in [6, 6.07) is 14.9. The predicted molar refractivity (Wildman–Crippen MR) is 138 cm³/mol. The maximum Gasteiger partial charge on any atom is 0.410 e. The Morgan fingerprint density at radius 2 is 1.70 bits per heavy atom. The lowest BCUT2D eigenvalue weighted by molar-refractivity contribution is -0.125. The Hall–Kier alpha value is -3.20. The molecule has 1 heterocycles. The van der Waals surface area contributed by atoms with Crippen LogP contribution < -0.4 is 11.1 Å². The first-order chi connectivity index (χ1) is 17.8. The van der Waals surface area contributed by atoms with E-state index in [0.29, 0.717) is 30.5 Å². The van der Waals surface area contributed by atoms with Gasteiger partial charge in [-0.05, 0) is 49.9 Å². The average Bonchev–Trinajstić information content (AvgIpc) is 3.39. The van der Waals surface area contributed by atoms with Gasteiger partial charge in [0.2, 0.25) is 11.8 Å². The third-order valence-corrected chi connectivity index (χ3v) is 8.52. The molecule has 200 valence electrons. The van der Waals surface area contributed by atoms with Crippen LogP contribution in [0.15, 0.2) is 54.6 Å². The number of hydrogen-bond donors (Lipinski definition) is 2. The van der Waals surface area contributed by atoms with E-state index in [-0.39, 0.29) is 32.3 Å². The Bertz CT molecular complexity index is 1100. The van der Waals surface area contributed by atoms with Gasteiger partial charge in [0.05, 0.1) is 13.2 Å². The van der Waals surface area contributed by atoms with Gasteiger partial charge in [0.15, 0.2) is 0 Å². The van der Waals surface area contributed by atoms with Crippen molar-refractivity contribution in [3.05, 3.63) is 71.3 Å². The number of amides is 3. The Balaban J connectivity index is 1.72. The lowest BCUT2D eigenvalue weighted by Gasteiger charge is -2.28. The third kappa shape index (κ3) is 7.41. The fourth-order valence-electron chi connectivity index (χ4n) is 4.23. The van der Waals surface area contributed by atoms with Crippen molar-refractivity contribution in [3.8, 4) is 0 Å². The summed E-state index contributed by atoms with van der Waals surface area (Å²) in [6.07, 6.45) is 0.584. The van der Waals surface area contributed by atoms with Crippen LogP contribution in [-0.2, 0) is 29.8 Å². The van der Waals surface area contributed by atoms with Crippen molar-refractivity contribution < 1.29 is 32.7 Å². The molecule has 0 bridgehead atoms. The molecule has 1 aliphatic rings. The number of carbonyl (C=O) groups excluding carboxylic acids is 3. The van der Waals surface area contributed by atoms with Gasteiger partial charge in [-0.2, -0.15) is 0 Å². The van der Waals surface area contributed by atoms with E-state index in [1.807, 2.05) is 30.3 Å². The van der Waals surface area contributed by atoms with E-state index in [9.17, 15) is 18.9 Å². The zero-order valence-electron chi connectivity index (χ0n) is 21.1. The van der Waals surface area contributed by atoms with Crippen molar-refractivity contribution in [1.82, 2.24) is 10.2 Å². The van der Waals surface area contributed by atoms with Crippen LogP contribution in [0.25, 0.3) is 0 Å². The molecule has 0 radical (unpaired) electrons. The van der Waals surface area contributed by atoms with Gasteiger partial charge < -0.3 is 24.8 Å². The van der Waals surface area contributed by atoms with Gasteiger partial charge in [-0.3, -0.25) is 19.1 Å². The minimum atomic E-state index is -3.69. The average molecular weight is 532 g/mol. The van der Waals surface area contributed by atoms with Gasteiger partial charge in [-0.1, -0.05) is 42.5 Å². The van der Waals surface area contributed by atoms with Crippen LogP contribution in [0.5, 0.6) is 0 Å².